The molecule has 6 heteroatoms. The van der Waals surface area contributed by atoms with E-state index in [9.17, 15) is 19.3 Å². The summed E-state index contributed by atoms with van der Waals surface area (Å²) in [4.78, 5) is 20.9. The molecule has 2 rings (SSSR count). The third-order valence-corrected chi connectivity index (χ3v) is 2.67. The number of nitrogens with zero attached hydrogens (tertiary/aromatic N) is 1. The molecular weight excluding hydrogens is 251 g/mol. The minimum atomic E-state index is -0.636. The fourth-order valence-electron chi connectivity index (χ4n) is 1.72. The lowest BCUT2D eigenvalue weighted by atomic mass is 10.0. The van der Waals surface area contributed by atoms with Crippen molar-refractivity contribution in [1.29, 1.82) is 0 Å². The van der Waals surface area contributed by atoms with Gasteiger partial charge < -0.3 is 5.73 Å². The van der Waals surface area contributed by atoms with Crippen LogP contribution >= 0.6 is 0 Å². The lowest BCUT2D eigenvalue weighted by molar-refractivity contribution is -0.384. The van der Waals surface area contributed by atoms with Gasteiger partial charge >= 0.3 is 0 Å². The van der Waals surface area contributed by atoms with E-state index in [1.807, 2.05) is 0 Å². The Morgan fingerprint density at radius 1 is 1.26 bits per heavy atom. The summed E-state index contributed by atoms with van der Waals surface area (Å²) in [5.74, 6) is -0.636. The number of hydrogen-bond acceptors (Lipinski definition) is 4. The van der Waals surface area contributed by atoms with E-state index in [2.05, 4.69) is 0 Å². The van der Waals surface area contributed by atoms with Crippen molar-refractivity contribution in [2.75, 3.05) is 5.73 Å². The van der Waals surface area contributed by atoms with Crippen LogP contribution in [0.4, 0.5) is 15.8 Å². The second-order valence-corrected chi connectivity index (χ2v) is 3.89. The third-order valence-electron chi connectivity index (χ3n) is 2.67. The Labute approximate surface area is 107 Å². The molecule has 5 nitrogen and oxygen atoms in total. The number of aldehydes is 1. The van der Waals surface area contributed by atoms with E-state index in [0.717, 1.165) is 6.07 Å². The molecular formula is C13H9FN2O3. The van der Waals surface area contributed by atoms with Crippen molar-refractivity contribution >= 4 is 17.7 Å². The highest BCUT2D eigenvalue weighted by Gasteiger charge is 2.12. The van der Waals surface area contributed by atoms with Gasteiger partial charge in [-0.2, -0.15) is 0 Å². The molecule has 0 unspecified atom stereocenters. The predicted octanol–water partition coefficient (Wildman–Crippen LogP) is 2.80. The van der Waals surface area contributed by atoms with Gasteiger partial charge in [-0.15, -0.1) is 0 Å². The number of non-ortho nitro benzene ring substituents is 1. The largest absolute Gasteiger partial charge is 0.398 e. The van der Waals surface area contributed by atoms with E-state index >= 15 is 0 Å². The maximum absolute atomic E-state index is 13.8. The van der Waals surface area contributed by atoms with Crippen molar-refractivity contribution in [1.82, 2.24) is 0 Å². The average Bonchev–Trinajstić information content (AvgIpc) is 2.39. The summed E-state index contributed by atoms with van der Waals surface area (Å²) in [6.07, 6.45) is 0.510. The van der Waals surface area contributed by atoms with Crippen LogP contribution in [0.1, 0.15) is 10.4 Å². The highest BCUT2D eigenvalue weighted by Crippen LogP contribution is 2.29. The first-order chi connectivity index (χ1) is 9.02. The minimum absolute atomic E-state index is 0.0293. The molecule has 96 valence electrons. The molecule has 0 aliphatic carbocycles. The third kappa shape index (κ3) is 2.42. The van der Waals surface area contributed by atoms with E-state index in [4.69, 9.17) is 5.73 Å². The summed E-state index contributed by atoms with van der Waals surface area (Å²) in [6, 6.07) is 7.82. The first-order valence-corrected chi connectivity index (χ1v) is 5.32. The van der Waals surface area contributed by atoms with Gasteiger partial charge in [0.05, 0.1) is 4.92 Å². The van der Waals surface area contributed by atoms with Crippen LogP contribution in [0.25, 0.3) is 11.1 Å². The molecule has 2 aromatic rings. The van der Waals surface area contributed by atoms with Crippen LogP contribution in [0.2, 0.25) is 0 Å². The minimum Gasteiger partial charge on any atom is -0.398 e. The van der Waals surface area contributed by atoms with Crippen molar-refractivity contribution in [2.24, 2.45) is 0 Å². The fourth-order valence-corrected chi connectivity index (χ4v) is 1.72. The van der Waals surface area contributed by atoms with Crippen molar-refractivity contribution in [2.45, 2.75) is 0 Å². The Kier molecular flexibility index (Phi) is 3.24. The van der Waals surface area contributed by atoms with Gasteiger partial charge in [0.1, 0.15) is 5.82 Å². The number of nitrogens with two attached hydrogens (primary N) is 1. The van der Waals surface area contributed by atoms with Crippen molar-refractivity contribution < 1.29 is 14.1 Å². The maximum Gasteiger partial charge on any atom is 0.270 e. The SMILES string of the molecule is Nc1cc(F)c(-c2cccc([N+](=O)[O-])c2)cc1C=O. The van der Waals surface area contributed by atoms with Crippen LogP contribution in [-0.2, 0) is 0 Å². The van der Waals surface area contributed by atoms with Gasteiger partial charge in [0.2, 0.25) is 0 Å². The molecule has 0 bridgehead atoms. The smallest absolute Gasteiger partial charge is 0.270 e. The number of anilines is 1. The van der Waals surface area contributed by atoms with Crippen molar-refractivity contribution in [3.05, 3.63) is 57.9 Å². The standard InChI is InChI=1S/C13H9FN2O3/c14-12-6-13(15)9(7-17)5-11(12)8-2-1-3-10(4-8)16(18)19/h1-7H,15H2. The predicted molar refractivity (Wildman–Crippen MR) is 68.3 cm³/mol. The van der Waals surface area contributed by atoms with Gasteiger partial charge in [-0.25, -0.2) is 4.39 Å². The number of hydrogen-bond donors (Lipinski definition) is 1. The maximum atomic E-state index is 13.8. The second kappa shape index (κ2) is 4.85. The molecule has 0 atom stereocenters. The highest BCUT2D eigenvalue weighted by atomic mass is 19.1. The molecule has 0 fully saturated rings. The van der Waals surface area contributed by atoms with Gasteiger partial charge in [0, 0.05) is 28.9 Å². The zero-order valence-corrected chi connectivity index (χ0v) is 9.67. The summed E-state index contributed by atoms with van der Waals surface area (Å²) >= 11 is 0. The van der Waals surface area contributed by atoms with Gasteiger partial charge in [0.15, 0.2) is 6.29 Å². The number of carbonyl (C=O) groups is 1. The average molecular weight is 260 g/mol. The Bertz CT molecular complexity index is 671. The van der Waals surface area contributed by atoms with Crippen LogP contribution in [0.3, 0.4) is 0 Å². The molecule has 2 N–H and O–H groups in total. The number of rotatable bonds is 3. The van der Waals surface area contributed by atoms with Crippen molar-refractivity contribution in [3.63, 3.8) is 0 Å². The summed E-state index contributed by atoms with van der Waals surface area (Å²) in [5.41, 5.74) is 5.91. The molecule has 19 heavy (non-hydrogen) atoms. The lowest BCUT2D eigenvalue weighted by Crippen LogP contribution is -1.97. The summed E-state index contributed by atoms with van der Waals surface area (Å²) in [7, 11) is 0. The summed E-state index contributed by atoms with van der Waals surface area (Å²) in [6.45, 7) is 0. The molecule has 0 heterocycles. The monoisotopic (exact) mass is 260 g/mol. The molecule has 0 aromatic heterocycles. The Hall–Kier alpha value is -2.76. The molecule has 0 saturated heterocycles. The molecule has 0 saturated carbocycles. The Morgan fingerprint density at radius 3 is 2.63 bits per heavy atom. The molecule has 0 aliphatic heterocycles. The number of halogens is 1. The quantitative estimate of drug-likeness (QED) is 0.398. The molecule has 2 aromatic carbocycles. The van der Waals surface area contributed by atoms with Gasteiger partial charge in [-0.05, 0) is 17.7 Å². The van der Waals surface area contributed by atoms with Crippen LogP contribution in [0.5, 0.6) is 0 Å². The van der Waals surface area contributed by atoms with E-state index in [1.165, 1.54) is 30.3 Å². The van der Waals surface area contributed by atoms with Gasteiger partial charge in [-0.3, -0.25) is 14.9 Å². The zero-order chi connectivity index (χ0) is 14.0. The molecule has 0 spiro atoms. The van der Waals surface area contributed by atoms with E-state index in [1.54, 1.807) is 0 Å². The number of benzene rings is 2. The van der Waals surface area contributed by atoms with Gasteiger partial charge in [-0.1, -0.05) is 12.1 Å². The first kappa shape index (κ1) is 12.7. The van der Waals surface area contributed by atoms with E-state index < -0.39 is 10.7 Å². The molecule has 0 amide bonds. The lowest BCUT2D eigenvalue weighted by Gasteiger charge is -2.06. The van der Waals surface area contributed by atoms with Crippen LogP contribution in [0, 0.1) is 15.9 Å². The fraction of sp³-hybridized carbons (Fsp3) is 0. The number of nitro benzene ring substituents is 1. The summed E-state index contributed by atoms with van der Waals surface area (Å²) in [5, 5.41) is 10.7. The Balaban J connectivity index is 2.61. The highest BCUT2D eigenvalue weighted by molar-refractivity contribution is 5.86. The van der Waals surface area contributed by atoms with Crippen LogP contribution in [-0.4, -0.2) is 11.2 Å². The van der Waals surface area contributed by atoms with Crippen LogP contribution in [0.15, 0.2) is 36.4 Å². The topological polar surface area (TPSA) is 86.2 Å². The molecule has 0 radical (unpaired) electrons. The zero-order valence-electron chi connectivity index (χ0n) is 9.67. The second-order valence-electron chi connectivity index (χ2n) is 3.89. The first-order valence-electron chi connectivity index (χ1n) is 5.32. The van der Waals surface area contributed by atoms with Crippen molar-refractivity contribution in [3.8, 4) is 11.1 Å². The molecule has 0 aliphatic rings. The number of carbonyl (C=O) groups excluding carboxylic acids is 1. The van der Waals surface area contributed by atoms with Crippen LogP contribution < -0.4 is 5.73 Å². The van der Waals surface area contributed by atoms with Gasteiger partial charge in [0.25, 0.3) is 5.69 Å². The van der Waals surface area contributed by atoms with E-state index in [0.29, 0.717) is 11.8 Å². The normalized spacial score (nSPS) is 10.2. The number of nitrogen functional groups attached to an aromatic ring is 1. The summed E-state index contributed by atoms with van der Waals surface area (Å²) < 4.78 is 13.8. The van der Waals surface area contributed by atoms with E-state index in [-0.39, 0.29) is 22.5 Å². The number of nitro groups is 1. The Morgan fingerprint density at radius 2 is 2.00 bits per heavy atom.